The number of likely N-dealkylation sites (tertiary alicyclic amines) is 1. The minimum absolute atomic E-state index is 0.00579. The Morgan fingerprint density at radius 3 is 2.03 bits per heavy atom. The molecule has 13 heteroatoms. The molecule has 2 aromatic carbocycles. The number of hydrogen-bond acceptors (Lipinski definition) is 2. The van der Waals surface area contributed by atoms with Crippen LogP contribution in [-0.2, 0) is 12.4 Å². The van der Waals surface area contributed by atoms with Crippen LogP contribution in [0.25, 0.3) is 0 Å². The van der Waals surface area contributed by atoms with Crippen molar-refractivity contribution in [2.45, 2.75) is 30.7 Å². The highest BCUT2D eigenvalue weighted by atomic mass is 35.5. The first-order chi connectivity index (χ1) is 16.1. The van der Waals surface area contributed by atoms with Gasteiger partial charge in [0.15, 0.2) is 0 Å². The Hall–Kier alpha value is -2.66. The molecular formula is C22H18Cl2F6N2O3. The number of amides is 2. The number of nitrogens with zero attached hydrogens (tertiary/aromatic N) is 2. The van der Waals surface area contributed by atoms with Gasteiger partial charge in [0.05, 0.1) is 21.2 Å². The zero-order chi connectivity index (χ0) is 26.3. The molecule has 2 amide bonds. The van der Waals surface area contributed by atoms with Gasteiger partial charge in [-0.05, 0) is 42.3 Å². The van der Waals surface area contributed by atoms with Gasteiger partial charge in [0.25, 0.3) is 5.91 Å². The Morgan fingerprint density at radius 2 is 1.54 bits per heavy atom. The molecule has 0 spiro atoms. The van der Waals surface area contributed by atoms with Crippen LogP contribution in [0.15, 0.2) is 36.4 Å². The molecular weight excluding hydrogens is 525 g/mol. The maximum atomic E-state index is 13.3. The van der Waals surface area contributed by atoms with Gasteiger partial charge in [-0.25, -0.2) is 4.79 Å². The molecule has 2 atom stereocenters. The Bertz CT molecular complexity index is 1110. The fourth-order valence-electron chi connectivity index (χ4n) is 4.08. The number of halogens is 8. The summed E-state index contributed by atoms with van der Waals surface area (Å²) < 4.78 is 79.5. The summed E-state index contributed by atoms with van der Waals surface area (Å²) in [6, 6.07) is 4.46. The van der Waals surface area contributed by atoms with Crippen LogP contribution in [0.5, 0.6) is 0 Å². The Labute approximate surface area is 205 Å². The molecule has 0 unspecified atom stereocenters. The van der Waals surface area contributed by atoms with Gasteiger partial charge in [0.2, 0.25) is 0 Å². The maximum absolute atomic E-state index is 13.3. The van der Waals surface area contributed by atoms with Gasteiger partial charge >= 0.3 is 18.4 Å². The van der Waals surface area contributed by atoms with Gasteiger partial charge in [-0.3, -0.25) is 4.79 Å². The van der Waals surface area contributed by atoms with Crippen LogP contribution < -0.4 is 0 Å². The molecule has 0 aliphatic carbocycles. The fraction of sp³-hybridized carbons (Fsp3) is 0.364. The summed E-state index contributed by atoms with van der Waals surface area (Å²) in [6.45, 7) is -0.0716. The van der Waals surface area contributed by atoms with E-state index in [1.165, 1.54) is 19.2 Å². The third-order valence-corrected chi connectivity index (χ3v) is 6.61. The number of likely N-dealkylation sites (N-methyl/N-ethyl adjacent to an activating group) is 1. The lowest BCUT2D eigenvalue weighted by atomic mass is 9.85. The number of carbonyl (C=O) groups is 2. The summed E-state index contributed by atoms with van der Waals surface area (Å²) in [6.07, 6.45) is -11.3. The number of benzene rings is 2. The number of rotatable bonds is 3. The monoisotopic (exact) mass is 542 g/mol. The van der Waals surface area contributed by atoms with Crippen molar-refractivity contribution in [1.82, 2.24) is 9.80 Å². The molecule has 2 aromatic rings. The maximum Gasteiger partial charge on any atom is 0.416 e. The third-order valence-electron chi connectivity index (χ3n) is 5.87. The Kier molecular flexibility index (Phi) is 7.52. The molecule has 1 saturated heterocycles. The molecule has 3 rings (SSSR count). The molecule has 1 aliphatic heterocycles. The van der Waals surface area contributed by atoms with Crippen LogP contribution in [0.4, 0.5) is 31.1 Å². The van der Waals surface area contributed by atoms with Crippen molar-refractivity contribution in [3.8, 4) is 0 Å². The summed E-state index contributed by atoms with van der Waals surface area (Å²) in [5.41, 5.74) is -3.49. The van der Waals surface area contributed by atoms with E-state index in [1.54, 1.807) is 6.07 Å². The van der Waals surface area contributed by atoms with Crippen molar-refractivity contribution in [3.63, 3.8) is 0 Å². The number of piperidine rings is 1. The average molecular weight is 543 g/mol. The van der Waals surface area contributed by atoms with Gasteiger partial charge < -0.3 is 14.9 Å². The van der Waals surface area contributed by atoms with Gasteiger partial charge in [0, 0.05) is 37.7 Å². The van der Waals surface area contributed by atoms with Crippen LogP contribution in [0.1, 0.15) is 39.4 Å². The molecule has 1 heterocycles. The van der Waals surface area contributed by atoms with Crippen LogP contribution in [0, 0.1) is 0 Å². The van der Waals surface area contributed by atoms with Crippen molar-refractivity contribution in [2.24, 2.45) is 0 Å². The van der Waals surface area contributed by atoms with Crippen molar-refractivity contribution in [1.29, 1.82) is 0 Å². The second kappa shape index (κ2) is 9.77. The van der Waals surface area contributed by atoms with E-state index in [4.69, 9.17) is 23.2 Å². The molecule has 1 N–H and O–H groups in total. The van der Waals surface area contributed by atoms with Gasteiger partial charge in [-0.15, -0.1) is 0 Å². The summed E-state index contributed by atoms with van der Waals surface area (Å²) in [7, 11) is 1.25. The van der Waals surface area contributed by atoms with Crippen molar-refractivity contribution < 1.29 is 41.0 Å². The SMILES string of the molecule is CN(C(=O)c1cc(C(F)(F)F)cc(C(F)(F)F)c1)[C@H]1CCN(C(=O)O)C[C@H]1c1ccc(Cl)c(Cl)c1. The van der Waals surface area contributed by atoms with Crippen molar-refractivity contribution in [2.75, 3.05) is 20.1 Å². The van der Waals surface area contributed by atoms with Gasteiger partial charge in [-0.2, -0.15) is 26.3 Å². The predicted octanol–water partition coefficient (Wildman–Crippen LogP) is 6.64. The van der Waals surface area contributed by atoms with Crippen LogP contribution >= 0.6 is 23.2 Å². The van der Waals surface area contributed by atoms with E-state index < -0.39 is 53.0 Å². The predicted molar refractivity (Wildman–Crippen MR) is 116 cm³/mol. The third kappa shape index (κ3) is 5.95. The normalized spacial score (nSPS) is 18.9. The summed E-state index contributed by atoms with van der Waals surface area (Å²) in [5.74, 6) is -1.74. The van der Waals surface area contributed by atoms with E-state index in [2.05, 4.69) is 0 Å². The van der Waals surface area contributed by atoms with E-state index >= 15 is 0 Å². The van der Waals surface area contributed by atoms with Crippen LogP contribution in [-0.4, -0.2) is 53.1 Å². The number of alkyl halides is 6. The van der Waals surface area contributed by atoms with E-state index in [-0.39, 0.29) is 35.6 Å². The Morgan fingerprint density at radius 1 is 0.971 bits per heavy atom. The molecule has 0 radical (unpaired) electrons. The summed E-state index contributed by atoms with van der Waals surface area (Å²) >= 11 is 12.0. The highest BCUT2D eigenvalue weighted by Crippen LogP contribution is 2.38. The average Bonchev–Trinajstić information content (AvgIpc) is 2.78. The second-order valence-corrected chi connectivity index (χ2v) is 8.89. The Balaban J connectivity index is 2.02. The van der Waals surface area contributed by atoms with Crippen molar-refractivity contribution in [3.05, 3.63) is 68.7 Å². The lowest BCUT2D eigenvalue weighted by Gasteiger charge is -2.42. The van der Waals surface area contributed by atoms with E-state index in [0.29, 0.717) is 17.7 Å². The molecule has 0 aromatic heterocycles. The first kappa shape index (κ1) is 26.9. The molecule has 0 saturated carbocycles. The smallest absolute Gasteiger partial charge is 0.416 e. The quantitative estimate of drug-likeness (QED) is 0.442. The number of carboxylic acid groups (broad SMARTS) is 1. The van der Waals surface area contributed by atoms with E-state index in [9.17, 15) is 41.0 Å². The highest BCUT2D eigenvalue weighted by molar-refractivity contribution is 6.42. The second-order valence-electron chi connectivity index (χ2n) is 8.08. The standard InChI is InChI=1S/C22H18Cl2F6N2O3/c1-31(19(33)12-6-13(21(25,26)27)9-14(7-12)22(28,29)30)18-4-5-32(20(34)35)10-15(18)11-2-3-16(23)17(24)8-11/h2-3,6-9,15,18H,4-5,10H2,1H3,(H,34,35)/t15-,18-/m0/s1. The zero-order valence-corrected chi connectivity index (χ0v) is 19.4. The van der Waals surface area contributed by atoms with Gasteiger partial charge in [-0.1, -0.05) is 29.3 Å². The number of carbonyl (C=O) groups excluding carboxylic acids is 1. The molecule has 0 bridgehead atoms. The van der Waals surface area contributed by atoms with Gasteiger partial charge in [0.1, 0.15) is 0 Å². The molecule has 1 fully saturated rings. The molecule has 1 aliphatic rings. The molecule has 5 nitrogen and oxygen atoms in total. The molecule has 190 valence electrons. The lowest BCUT2D eigenvalue weighted by molar-refractivity contribution is -0.143. The zero-order valence-electron chi connectivity index (χ0n) is 17.9. The minimum Gasteiger partial charge on any atom is -0.465 e. The number of hydrogen-bond donors (Lipinski definition) is 1. The topological polar surface area (TPSA) is 60.9 Å². The minimum atomic E-state index is -5.11. The first-order valence-electron chi connectivity index (χ1n) is 10.1. The van der Waals surface area contributed by atoms with E-state index in [1.807, 2.05) is 0 Å². The highest BCUT2D eigenvalue weighted by Gasteiger charge is 2.40. The van der Waals surface area contributed by atoms with Crippen LogP contribution in [0.3, 0.4) is 0 Å². The largest absolute Gasteiger partial charge is 0.465 e. The summed E-state index contributed by atoms with van der Waals surface area (Å²) in [4.78, 5) is 26.8. The van der Waals surface area contributed by atoms with E-state index in [0.717, 1.165) is 9.80 Å². The van der Waals surface area contributed by atoms with Crippen molar-refractivity contribution >= 4 is 35.2 Å². The fourth-order valence-corrected chi connectivity index (χ4v) is 4.39. The van der Waals surface area contributed by atoms with Crippen LogP contribution in [0.2, 0.25) is 10.0 Å². The lowest BCUT2D eigenvalue weighted by Crippen LogP contribution is -2.51. The summed E-state index contributed by atoms with van der Waals surface area (Å²) in [5, 5.41) is 9.80. The first-order valence-corrected chi connectivity index (χ1v) is 10.8. The molecule has 35 heavy (non-hydrogen) atoms.